The first kappa shape index (κ1) is 15.4. The van der Waals surface area contributed by atoms with Gasteiger partial charge in [0, 0.05) is 31.3 Å². The van der Waals surface area contributed by atoms with E-state index in [2.05, 4.69) is 10.6 Å². The molecule has 94 valence electrons. The van der Waals surface area contributed by atoms with Gasteiger partial charge in [-0.2, -0.15) is 0 Å². The summed E-state index contributed by atoms with van der Waals surface area (Å²) < 4.78 is 0. The van der Waals surface area contributed by atoms with E-state index in [-0.39, 0.29) is 24.2 Å². The molecule has 0 aliphatic carbocycles. The Morgan fingerprint density at radius 1 is 1.35 bits per heavy atom. The summed E-state index contributed by atoms with van der Waals surface area (Å²) in [6.07, 6.45) is 0. The molecule has 1 aromatic carbocycles. The van der Waals surface area contributed by atoms with Crippen molar-refractivity contribution in [3.05, 3.63) is 29.8 Å². The normalized spacial score (nSPS) is 9.06. The van der Waals surface area contributed by atoms with Gasteiger partial charge in [-0.1, -0.05) is 6.07 Å². The molecule has 0 bridgehead atoms. The van der Waals surface area contributed by atoms with Crippen molar-refractivity contribution in [1.82, 2.24) is 5.32 Å². The van der Waals surface area contributed by atoms with E-state index >= 15 is 0 Å². The zero-order valence-electron chi connectivity index (χ0n) is 9.53. The Morgan fingerprint density at radius 3 is 2.65 bits per heavy atom. The molecule has 0 fully saturated rings. The Hall–Kier alpha value is -1.59. The van der Waals surface area contributed by atoms with E-state index in [1.165, 1.54) is 6.92 Å². The molecule has 0 aliphatic heterocycles. The van der Waals surface area contributed by atoms with Crippen LogP contribution in [0.5, 0.6) is 0 Å². The maximum absolute atomic E-state index is 11.6. The van der Waals surface area contributed by atoms with Crippen molar-refractivity contribution in [1.29, 1.82) is 0 Å². The molecule has 0 unspecified atom stereocenters. The minimum Gasteiger partial charge on any atom is -0.351 e. The van der Waals surface area contributed by atoms with Crippen molar-refractivity contribution < 1.29 is 9.59 Å². The summed E-state index contributed by atoms with van der Waals surface area (Å²) in [7, 11) is 0. The second-order valence-electron chi connectivity index (χ2n) is 3.31. The van der Waals surface area contributed by atoms with Gasteiger partial charge in [-0.05, 0) is 18.2 Å². The topological polar surface area (TPSA) is 84.2 Å². The first-order valence-corrected chi connectivity index (χ1v) is 4.99. The third-order valence-electron chi connectivity index (χ3n) is 1.88. The fourth-order valence-electron chi connectivity index (χ4n) is 1.23. The summed E-state index contributed by atoms with van der Waals surface area (Å²) >= 11 is 0. The molecular weight excluding hydrogens is 242 g/mol. The van der Waals surface area contributed by atoms with Crippen LogP contribution in [0.1, 0.15) is 17.3 Å². The third-order valence-corrected chi connectivity index (χ3v) is 1.88. The van der Waals surface area contributed by atoms with Crippen LogP contribution in [-0.4, -0.2) is 24.9 Å². The summed E-state index contributed by atoms with van der Waals surface area (Å²) in [4.78, 5) is 22.4. The molecule has 0 spiro atoms. The number of amides is 2. The lowest BCUT2D eigenvalue weighted by atomic mass is 10.2. The van der Waals surface area contributed by atoms with Gasteiger partial charge in [0.2, 0.25) is 5.91 Å². The van der Waals surface area contributed by atoms with Crippen LogP contribution < -0.4 is 16.4 Å². The molecule has 0 atom stereocenters. The summed E-state index contributed by atoms with van der Waals surface area (Å²) in [5.41, 5.74) is 6.38. The van der Waals surface area contributed by atoms with Gasteiger partial charge in [-0.25, -0.2) is 0 Å². The number of nitrogens with two attached hydrogens (primary N) is 1. The van der Waals surface area contributed by atoms with Crippen LogP contribution in [0.3, 0.4) is 0 Å². The van der Waals surface area contributed by atoms with Gasteiger partial charge in [-0.15, -0.1) is 12.4 Å². The lowest BCUT2D eigenvalue weighted by molar-refractivity contribution is -0.114. The Kier molecular flexibility index (Phi) is 6.93. The highest BCUT2D eigenvalue weighted by Crippen LogP contribution is 2.10. The number of nitrogens with one attached hydrogen (secondary N) is 2. The molecule has 6 heteroatoms. The molecule has 0 radical (unpaired) electrons. The lowest BCUT2D eigenvalue weighted by Crippen LogP contribution is -2.29. The molecular formula is C11H16ClN3O2. The highest BCUT2D eigenvalue weighted by Gasteiger charge is 2.05. The van der Waals surface area contributed by atoms with Gasteiger partial charge in [0.15, 0.2) is 0 Å². The zero-order chi connectivity index (χ0) is 12.0. The second kappa shape index (κ2) is 7.65. The molecule has 4 N–H and O–H groups in total. The van der Waals surface area contributed by atoms with Crippen LogP contribution in [0.25, 0.3) is 0 Å². The molecule has 0 heterocycles. The van der Waals surface area contributed by atoms with E-state index in [0.717, 1.165) is 0 Å². The standard InChI is InChI=1S/C11H15N3O2.ClH/c1-8(15)14-10-4-2-3-9(7-10)11(16)13-6-5-12;/h2-4,7H,5-6,12H2,1H3,(H,13,16)(H,14,15);1H. The second-order valence-corrected chi connectivity index (χ2v) is 3.31. The smallest absolute Gasteiger partial charge is 0.251 e. The van der Waals surface area contributed by atoms with E-state index in [1.807, 2.05) is 0 Å². The van der Waals surface area contributed by atoms with Crippen LogP contribution in [-0.2, 0) is 4.79 Å². The number of anilines is 1. The summed E-state index contributed by atoms with van der Waals surface area (Å²) in [5.74, 6) is -0.364. The Labute approximate surface area is 106 Å². The van der Waals surface area contributed by atoms with Gasteiger partial charge in [0.05, 0.1) is 0 Å². The number of benzene rings is 1. The first-order valence-electron chi connectivity index (χ1n) is 4.99. The van der Waals surface area contributed by atoms with Gasteiger partial charge in [0.1, 0.15) is 0 Å². The summed E-state index contributed by atoms with van der Waals surface area (Å²) in [6, 6.07) is 6.73. The molecule has 0 saturated heterocycles. The van der Waals surface area contributed by atoms with E-state index in [1.54, 1.807) is 24.3 Å². The van der Waals surface area contributed by atoms with Crippen LogP contribution in [0.15, 0.2) is 24.3 Å². The van der Waals surface area contributed by atoms with E-state index < -0.39 is 0 Å². The predicted molar refractivity (Wildman–Crippen MR) is 69.4 cm³/mol. The van der Waals surface area contributed by atoms with Crippen molar-refractivity contribution in [2.24, 2.45) is 5.73 Å². The number of carbonyl (C=O) groups is 2. The monoisotopic (exact) mass is 257 g/mol. The molecule has 2 amide bonds. The lowest BCUT2D eigenvalue weighted by Gasteiger charge is -2.06. The highest BCUT2D eigenvalue weighted by atomic mass is 35.5. The molecule has 17 heavy (non-hydrogen) atoms. The van der Waals surface area contributed by atoms with Crippen LogP contribution in [0, 0.1) is 0 Å². The van der Waals surface area contributed by atoms with Gasteiger partial charge >= 0.3 is 0 Å². The molecule has 0 aromatic heterocycles. The molecule has 1 aromatic rings. The number of halogens is 1. The Morgan fingerprint density at radius 2 is 2.06 bits per heavy atom. The maximum Gasteiger partial charge on any atom is 0.251 e. The summed E-state index contributed by atoms with van der Waals surface area (Å²) in [6.45, 7) is 2.25. The van der Waals surface area contributed by atoms with E-state index in [0.29, 0.717) is 24.3 Å². The zero-order valence-corrected chi connectivity index (χ0v) is 10.3. The highest BCUT2D eigenvalue weighted by molar-refractivity contribution is 5.96. The Balaban J connectivity index is 0.00000256. The van der Waals surface area contributed by atoms with Gasteiger partial charge < -0.3 is 16.4 Å². The molecule has 0 aliphatic rings. The van der Waals surface area contributed by atoms with E-state index in [9.17, 15) is 9.59 Å². The average molecular weight is 258 g/mol. The molecule has 0 saturated carbocycles. The number of rotatable bonds is 4. The van der Waals surface area contributed by atoms with Crippen molar-refractivity contribution in [3.8, 4) is 0 Å². The third kappa shape index (κ3) is 5.33. The fraction of sp³-hybridized carbons (Fsp3) is 0.273. The van der Waals surface area contributed by atoms with Crippen LogP contribution in [0.2, 0.25) is 0 Å². The maximum atomic E-state index is 11.6. The fourth-order valence-corrected chi connectivity index (χ4v) is 1.23. The Bertz CT molecular complexity index is 396. The average Bonchev–Trinajstić information content (AvgIpc) is 2.25. The number of hydrogen-bond donors (Lipinski definition) is 3. The quantitative estimate of drug-likeness (QED) is 0.744. The SMILES string of the molecule is CC(=O)Nc1cccc(C(=O)NCCN)c1.Cl. The predicted octanol–water partition coefficient (Wildman–Crippen LogP) is 0.755. The van der Waals surface area contributed by atoms with Crippen molar-refractivity contribution >= 4 is 29.9 Å². The number of hydrogen-bond acceptors (Lipinski definition) is 3. The minimum absolute atomic E-state index is 0. The largest absolute Gasteiger partial charge is 0.351 e. The number of carbonyl (C=O) groups excluding carboxylic acids is 2. The van der Waals surface area contributed by atoms with E-state index in [4.69, 9.17) is 5.73 Å². The molecule has 1 rings (SSSR count). The first-order chi connectivity index (χ1) is 7.63. The van der Waals surface area contributed by atoms with Crippen LogP contribution in [0.4, 0.5) is 5.69 Å². The molecule has 5 nitrogen and oxygen atoms in total. The minimum atomic E-state index is -0.197. The van der Waals surface area contributed by atoms with Crippen molar-refractivity contribution in [2.75, 3.05) is 18.4 Å². The van der Waals surface area contributed by atoms with Crippen molar-refractivity contribution in [3.63, 3.8) is 0 Å². The van der Waals surface area contributed by atoms with Crippen LogP contribution >= 0.6 is 12.4 Å². The van der Waals surface area contributed by atoms with Crippen molar-refractivity contribution in [2.45, 2.75) is 6.92 Å². The van der Waals surface area contributed by atoms with Gasteiger partial charge in [0.25, 0.3) is 5.91 Å². The van der Waals surface area contributed by atoms with Gasteiger partial charge in [-0.3, -0.25) is 9.59 Å². The summed E-state index contributed by atoms with van der Waals surface area (Å²) in [5, 5.41) is 5.27.